The highest BCUT2D eigenvalue weighted by Gasteiger charge is 2.35. The van der Waals surface area contributed by atoms with Gasteiger partial charge in [-0.15, -0.1) is 0 Å². The van der Waals surface area contributed by atoms with Crippen molar-refractivity contribution in [3.05, 3.63) is 18.0 Å². The van der Waals surface area contributed by atoms with Gasteiger partial charge >= 0.3 is 0 Å². The van der Waals surface area contributed by atoms with E-state index in [9.17, 15) is 13.2 Å². The number of sulfonamides is 1. The van der Waals surface area contributed by atoms with Gasteiger partial charge in [-0.3, -0.25) is 4.79 Å². The fraction of sp³-hybridized carbons (Fsp3) is 0.583. The molecule has 20 heavy (non-hydrogen) atoms. The molecule has 2 heterocycles. The van der Waals surface area contributed by atoms with E-state index in [1.165, 1.54) is 28.2 Å². The van der Waals surface area contributed by atoms with Crippen LogP contribution in [0.3, 0.4) is 0 Å². The van der Waals surface area contributed by atoms with E-state index >= 15 is 0 Å². The Morgan fingerprint density at radius 1 is 1.55 bits per heavy atom. The van der Waals surface area contributed by atoms with Crippen molar-refractivity contribution in [3.63, 3.8) is 0 Å². The van der Waals surface area contributed by atoms with Gasteiger partial charge in [0.1, 0.15) is 10.6 Å². The van der Waals surface area contributed by atoms with Gasteiger partial charge in [-0.1, -0.05) is 0 Å². The zero-order chi connectivity index (χ0) is 14.9. The van der Waals surface area contributed by atoms with Gasteiger partial charge in [0.25, 0.3) is 5.91 Å². The highest BCUT2D eigenvalue weighted by molar-refractivity contribution is 7.89. The average molecular weight is 300 g/mol. The van der Waals surface area contributed by atoms with Crippen LogP contribution in [-0.4, -0.2) is 49.4 Å². The normalized spacial score (nSPS) is 20.2. The summed E-state index contributed by atoms with van der Waals surface area (Å²) in [6, 6.07) is 1.25. The molecule has 1 atom stereocenters. The van der Waals surface area contributed by atoms with E-state index in [0.29, 0.717) is 18.8 Å². The number of nitrogens with zero attached hydrogens (tertiary/aromatic N) is 2. The van der Waals surface area contributed by atoms with E-state index in [-0.39, 0.29) is 16.8 Å². The Morgan fingerprint density at radius 2 is 2.25 bits per heavy atom. The van der Waals surface area contributed by atoms with Crippen LogP contribution in [0.1, 0.15) is 23.3 Å². The van der Waals surface area contributed by atoms with Crippen LogP contribution < -0.4 is 11.1 Å². The molecule has 1 amide bonds. The van der Waals surface area contributed by atoms with Crippen molar-refractivity contribution in [3.8, 4) is 0 Å². The molecule has 1 unspecified atom stereocenters. The van der Waals surface area contributed by atoms with Crippen LogP contribution in [0, 0.1) is 0 Å². The van der Waals surface area contributed by atoms with Crippen molar-refractivity contribution in [1.29, 1.82) is 0 Å². The molecule has 0 bridgehead atoms. The van der Waals surface area contributed by atoms with Gasteiger partial charge in [0.15, 0.2) is 0 Å². The van der Waals surface area contributed by atoms with Gasteiger partial charge in [-0.25, -0.2) is 8.42 Å². The van der Waals surface area contributed by atoms with Crippen molar-refractivity contribution < 1.29 is 13.2 Å². The van der Waals surface area contributed by atoms with Gasteiger partial charge < -0.3 is 15.6 Å². The molecule has 1 aliphatic heterocycles. The maximum absolute atomic E-state index is 12.6. The maximum Gasteiger partial charge on any atom is 0.267 e. The molecule has 0 aromatic carbocycles. The minimum absolute atomic E-state index is 0.138. The SMILES string of the molecule is CNC(=O)c1cc(S(=O)(=O)N2CCCC2CN)cn1C. The van der Waals surface area contributed by atoms with Crippen LogP contribution in [-0.2, 0) is 17.1 Å². The summed E-state index contributed by atoms with van der Waals surface area (Å²) in [5.74, 6) is -0.314. The zero-order valence-corrected chi connectivity index (χ0v) is 12.5. The molecule has 1 aliphatic rings. The molecule has 7 nitrogen and oxygen atoms in total. The van der Waals surface area contributed by atoms with Gasteiger partial charge in [0.2, 0.25) is 10.0 Å². The standard InChI is InChI=1S/C12H20N4O3S/c1-14-12(17)11-6-10(8-15(11)2)20(18,19)16-5-3-4-9(16)7-13/h6,8-9H,3-5,7,13H2,1-2H3,(H,14,17). The van der Waals surface area contributed by atoms with E-state index in [1.54, 1.807) is 7.05 Å². The number of aryl methyl sites for hydroxylation is 1. The number of hydrogen-bond donors (Lipinski definition) is 2. The Morgan fingerprint density at radius 3 is 2.85 bits per heavy atom. The molecular weight excluding hydrogens is 280 g/mol. The summed E-state index contributed by atoms with van der Waals surface area (Å²) in [5.41, 5.74) is 5.94. The molecule has 0 aliphatic carbocycles. The van der Waals surface area contributed by atoms with E-state index in [1.807, 2.05) is 0 Å². The molecule has 2 rings (SSSR count). The second kappa shape index (κ2) is 5.55. The van der Waals surface area contributed by atoms with Crippen LogP contribution >= 0.6 is 0 Å². The molecule has 1 aromatic heterocycles. The number of aromatic nitrogens is 1. The summed E-state index contributed by atoms with van der Waals surface area (Å²) < 4.78 is 28.2. The molecule has 1 aromatic rings. The lowest BCUT2D eigenvalue weighted by atomic mass is 10.2. The van der Waals surface area contributed by atoms with Gasteiger partial charge in [-0.2, -0.15) is 4.31 Å². The number of hydrogen-bond acceptors (Lipinski definition) is 4. The van der Waals surface area contributed by atoms with E-state index in [0.717, 1.165) is 12.8 Å². The largest absolute Gasteiger partial charge is 0.354 e. The van der Waals surface area contributed by atoms with Crippen molar-refractivity contribution >= 4 is 15.9 Å². The molecule has 1 saturated heterocycles. The molecule has 8 heteroatoms. The lowest BCUT2D eigenvalue weighted by Crippen LogP contribution is -2.39. The number of nitrogens with one attached hydrogen (secondary N) is 1. The second-order valence-corrected chi connectivity index (χ2v) is 6.79. The summed E-state index contributed by atoms with van der Waals surface area (Å²) >= 11 is 0. The second-order valence-electron chi connectivity index (χ2n) is 4.90. The summed E-state index contributed by atoms with van der Waals surface area (Å²) in [5, 5.41) is 2.49. The smallest absolute Gasteiger partial charge is 0.267 e. The van der Waals surface area contributed by atoms with Crippen LogP contribution in [0.2, 0.25) is 0 Å². The molecule has 0 radical (unpaired) electrons. The first-order chi connectivity index (χ1) is 9.41. The van der Waals surface area contributed by atoms with Crippen molar-refractivity contribution in [2.45, 2.75) is 23.8 Å². The third-order valence-corrected chi connectivity index (χ3v) is 5.56. The monoisotopic (exact) mass is 300 g/mol. The fourth-order valence-electron chi connectivity index (χ4n) is 2.53. The maximum atomic E-state index is 12.6. The summed E-state index contributed by atoms with van der Waals surface area (Å²) in [4.78, 5) is 11.8. The van der Waals surface area contributed by atoms with Crippen LogP contribution in [0.4, 0.5) is 0 Å². The minimum atomic E-state index is -3.59. The first-order valence-corrected chi connectivity index (χ1v) is 7.96. The van der Waals surface area contributed by atoms with Gasteiger partial charge in [0, 0.05) is 39.4 Å². The van der Waals surface area contributed by atoms with Gasteiger partial charge in [-0.05, 0) is 18.9 Å². The molecule has 112 valence electrons. The van der Waals surface area contributed by atoms with Gasteiger partial charge in [0.05, 0.1) is 0 Å². The lowest BCUT2D eigenvalue weighted by molar-refractivity contribution is 0.0955. The van der Waals surface area contributed by atoms with Crippen molar-refractivity contribution in [1.82, 2.24) is 14.2 Å². The van der Waals surface area contributed by atoms with Crippen LogP contribution in [0.25, 0.3) is 0 Å². The molecule has 1 fully saturated rings. The highest BCUT2D eigenvalue weighted by Crippen LogP contribution is 2.26. The molecule has 3 N–H and O–H groups in total. The first kappa shape index (κ1) is 15.0. The summed E-state index contributed by atoms with van der Waals surface area (Å²) in [6.07, 6.45) is 3.06. The lowest BCUT2D eigenvalue weighted by Gasteiger charge is -2.22. The Balaban J connectivity index is 2.37. The summed E-state index contributed by atoms with van der Waals surface area (Å²) in [6.45, 7) is 0.794. The third kappa shape index (κ3) is 2.46. The first-order valence-electron chi connectivity index (χ1n) is 6.52. The Kier molecular flexibility index (Phi) is 4.17. The number of carbonyl (C=O) groups excluding carboxylic acids is 1. The van der Waals surface area contributed by atoms with Crippen LogP contribution in [0.15, 0.2) is 17.2 Å². The van der Waals surface area contributed by atoms with E-state index in [4.69, 9.17) is 5.73 Å². The van der Waals surface area contributed by atoms with Crippen LogP contribution in [0.5, 0.6) is 0 Å². The number of nitrogens with two attached hydrogens (primary N) is 1. The van der Waals surface area contributed by atoms with Crippen molar-refractivity contribution in [2.24, 2.45) is 12.8 Å². The third-order valence-electron chi connectivity index (χ3n) is 3.64. The predicted octanol–water partition coefficient (Wildman–Crippen LogP) is -0.503. The minimum Gasteiger partial charge on any atom is -0.354 e. The van der Waals surface area contributed by atoms with E-state index < -0.39 is 10.0 Å². The topological polar surface area (TPSA) is 97.4 Å². The number of amides is 1. The highest BCUT2D eigenvalue weighted by atomic mass is 32.2. The molecular formula is C12H20N4O3S. The quantitative estimate of drug-likeness (QED) is 0.783. The fourth-order valence-corrected chi connectivity index (χ4v) is 4.30. The number of rotatable bonds is 4. The van der Waals surface area contributed by atoms with Crippen molar-refractivity contribution in [2.75, 3.05) is 20.1 Å². The zero-order valence-electron chi connectivity index (χ0n) is 11.7. The predicted molar refractivity (Wildman–Crippen MR) is 74.8 cm³/mol. The molecule has 0 saturated carbocycles. The summed E-state index contributed by atoms with van der Waals surface area (Å²) in [7, 11) is -0.436. The Bertz CT molecular complexity index is 608. The Hall–Kier alpha value is -1.38. The average Bonchev–Trinajstić information content (AvgIpc) is 3.04. The Labute approximate surface area is 118 Å². The number of carbonyl (C=O) groups is 1. The molecule has 0 spiro atoms. The van der Waals surface area contributed by atoms with E-state index in [2.05, 4.69) is 5.32 Å².